The molecular weight excluding hydrogens is 340 g/mol. The van der Waals surface area contributed by atoms with Gasteiger partial charge in [0.2, 0.25) is 5.91 Å². The fraction of sp³-hybridized carbons (Fsp3) is 0.412. The van der Waals surface area contributed by atoms with E-state index in [1.807, 2.05) is 25.1 Å². The minimum absolute atomic E-state index is 0.0797. The van der Waals surface area contributed by atoms with Crippen molar-refractivity contribution in [3.05, 3.63) is 34.8 Å². The Hall–Kier alpha value is -2.48. The number of benzene rings is 1. The van der Waals surface area contributed by atoms with Gasteiger partial charge in [0.25, 0.3) is 5.91 Å². The number of nitrogens with zero attached hydrogens (tertiary/aromatic N) is 3. The highest BCUT2D eigenvalue weighted by atomic mass is 32.1. The van der Waals surface area contributed by atoms with E-state index in [1.54, 1.807) is 18.1 Å². The molecule has 132 valence electrons. The molecule has 2 aromatic rings. The summed E-state index contributed by atoms with van der Waals surface area (Å²) in [6, 6.07) is 7.20. The van der Waals surface area contributed by atoms with Gasteiger partial charge in [-0.05, 0) is 30.1 Å². The minimum Gasteiger partial charge on any atom is -0.497 e. The van der Waals surface area contributed by atoms with Gasteiger partial charge >= 0.3 is 0 Å². The lowest BCUT2D eigenvalue weighted by Crippen LogP contribution is -2.54. The maximum Gasteiger partial charge on any atom is 0.267 e. The third-order valence-corrected chi connectivity index (χ3v) is 4.87. The van der Waals surface area contributed by atoms with Crippen molar-refractivity contribution in [2.24, 2.45) is 5.92 Å². The van der Waals surface area contributed by atoms with Gasteiger partial charge in [0.1, 0.15) is 10.6 Å². The lowest BCUT2D eigenvalue weighted by molar-refractivity contribution is -0.123. The molecule has 1 saturated heterocycles. The predicted molar refractivity (Wildman–Crippen MR) is 94.9 cm³/mol. The summed E-state index contributed by atoms with van der Waals surface area (Å²) in [5.41, 5.74) is 1.44. The van der Waals surface area contributed by atoms with E-state index in [0.717, 1.165) is 30.1 Å². The van der Waals surface area contributed by atoms with Crippen LogP contribution in [0.5, 0.6) is 5.75 Å². The summed E-state index contributed by atoms with van der Waals surface area (Å²) in [5.74, 6) is 0.312. The molecule has 0 saturated carbocycles. The highest BCUT2D eigenvalue weighted by Gasteiger charge is 2.37. The van der Waals surface area contributed by atoms with E-state index in [2.05, 4.69) is 14.9 Å². The number of carbonyl (C=O) groups is 2. The summed E-state index contributed by atoms with van der Waals surface area (Å²) in [4.78, 5) is 27.1. The Morgan fingerprint density at radius 2 is 2.20 bits per heavy atom. The molecule has 2 heterocycles. The Labute approximate surface area is 150 Å². The monoisotopic (exact) mass is 360 g/mol. The van der Waals surface area contributed by atoms with Crippen LogP contribution in [0.2, 0.25) is 0 Å². The first-order valence-corrected chi connectivity index (χ1v) is 8.95. The largest absolute Gasteiger partial charge is 0.497 e. The zero-order valence-electron chi connectivity index (χ0n) is 14.2. The molecule has 0 aliphatic carbocycles. The van der Waals surface area contributed by atoms with Crippen LogP contribution in [0.15, 0.2) is 24.3 Å². The molecule has 0 atom stereocenters. The number of anilines is 1. The maximum atomic E-state index is 12.5. The summed E-state index contributed by atoms with van der Waals surface area (Å²) >= 11 is 1.12. The first-order chi connectivity index (χ1) is 12.1. The molecule has 3 rings (SSSR count). The summed E-state index contributed by atoms with van der Waals surface area (Å²) in [6.45, 7) is 2.87. The molecule has 1 aliphatic heterocycles. The van der Waals surface area contributed by atoms with Crippen molar-refractivity contribution in [3.63, 3.8) is 0 Å². The number of carbonyl (C=O) groups excluding carboxylic acids is 2. The number of hydrogen-bond acceptors (Lipinski definition) is 6. The van der Waals surface area contributed by atoms with E-state index in [9.17, 15) is 9.59 Å². The quantitative estimate of drug-likeness (QED) is 0.854. The average Bonchev–Trinajstić information content (AvgIpc) is 3.02. The highest BCUT2D eigenvalue weighted by Crippen LogP contribution is 2.24. The third kappa shape index (κ3) is 3.79. The lowest BCUT2D eigenvalue weighted by atomic mass is 9.98. The van der Waals surface area contributed by atoms with E-state index in [1.165, 1.54) is 0 Å². The van der Waals surface area contributed by atoms with E-state index >= 15 is 0 Å². The first-order valence-electron chi connectivity index (χ1n) is 8.17. The molecule has 1 aromatic heterocycles. The van der Waals surface area contributed by atoms with E-state index in [0.29, 0.717) is 29.4 Å². The molecule has 1 aliphatic rings. The van der Waals surface area contributed by atoms with Crippen LogP contribution in [0.1, 0.15) is 28.7 Å². The molecule has 1 aromatic carbocycles. The van der Waals surface area contributed by atoms with Crippen molar-refractivity contribution in [3.8, 4) is 5.75 Å². The predicted octanol–water partition coefficient (Wildman–Crippen LogP) is 2.21. The summed E-state index contributed by atoms with van der Waals surface area (Å²) < 4.78 is 9.03. The Kier molecular flexibility index (Phi) is 5.28. The van der Waals surface area contributed by atoms with Gasteiger partial charge in [0.05, 0.1) is 18.7 Å². The molecule has 0 bridgehead atoms. The number of nitrogens with one attached hydrogen (secondary N) is 1. The number of methoxy groups -OCH3 is 1. The van der Waals surface area contributed by atoms with Crippen molar-refractivity contribution < 1.29 is 14.3 Å². The van der Waals surface area contributed by atoms with E-state index < -0.39 is 0 Å². The van der Waals surface area contributed by atoms with Crippen LogP contribution in [0.3, 0.4) is 0 Å². The number of hydrogen-bond donors (Lipinski definition) is 1. The first kappa shape index (κ1) is 17.3. The normalized spacial score (nSPS) is 14.1. The third-order valence-electron chi connectivity index (χ3n) is 4.11. The highest BCUT2D eigenvalue weighted by molar-refractivity contribution is 7.08. The summed E-state index contributed by atoms with van der Waals surface area (Å²) in [6.07, 6.45) is 1.66. The fourth-order valence-corrected chi connectivity index (χ4v) is 3.35. The molecule has 0 radical (unpaired) electrons. The van der Waals surface area contributed by atoms with Crippen molar-refractivity contribution in [2.75, 3.05) is 25.5 Å². The Bertz CT molecular complexity index is 771. The molecule has 0 unspecified atom stereocenters. The van der Waals surface area contributed by atoms with Crippen LogP contribution < -0.4 is 10.1 Å². The number of ether oxygens (including phenoxy) is 1. The van der Waals surface area contributed by atoms with Gasteiger partial charge < -0.3 is 15.0 Å². The van der Waals surface area contributed by atoms with Crippen molar-refractivity contribution in [1.82, 2.24) is 14.5 Å². The molecule has 25 heavy (non-hydrogen) atoms. The zero-order valence-corrected chi connectivity index (χ0v) is 15.0. The number of rotatable bonds is 6. The molecule has 8 heteroatoms. The zero-order chi connectivity index (χ0) is 17.8. The Balaban J connectivity index is 1.55. The number of amides is 2. The SMILES string of the molecule is CCCc1nnsc1C(=O)N1CC(C(=O)Nc2cccc(OC)c2)C1. The van der Waals surface area contributed by atoms with Crippen molar-refractivity contribution >= 4 is 29.0 Å². The van der Waals surface area contributed by atoms with Crippen LogP contribution >= 0.6 is 11.5 Å². The van der Waals surface area contributed by atoms with E-state index in [4.69, 9.17) is 4.74 Å². The number of aryl methyl sites for hydroxylation is 1. The standard InChI is InChI=1S/C17H20N4O3S/c1-3-5-14-15(25-20-19-14)17(23)21-9-11(10-21)16(22)18-12-6-4-7-13(8-12)24-2/h4,6-8,11H,3,5,9-10H2,1-2H3,(H,18,22). The maximum absolute atomic E-state index is 12.5. The molecule has 1 N–H and O–H groups in total. The molecule has 0 spiro atoms. The van der Waals surface area contributed by atoms with Gasteiger partial charge in [0.15, 0.2) is 0 Å². The van der Waals surface area contributed by atoms with Gasteiger partial charge in [-0.25, -0.2) is 0 Å². The second-order valence-corrected chi connectivity index (χ2v) is 6.68. The van der Waals surface area contributed by atoms with E-state index in [-0.39, 0.29) is 17.7 Å². The smallest absolute Gasteiger partial charge is 0.267 e. The van der Waals surface area contributed by atoms with Crippen LogP contribution in [0, 0.1) is 5.92 Å². The van der Waals surface area contributed by atoms with Gasteiger partial charge in [-0.2, -0.15) is 0 Å². The molecular formula is C17H20N4O3S. The van der Waals surface area contributed by atoms with Gasteiger partial charge in [0, 0.05) is 24.8 Å². The number of likely N-dealkylation sites (tertiary alicyclic amines) is 1. The van der Waals surface area contributed by atoms with Gasteiger partial charge in [-0.3, -0.25) is 9.59 Å². The average molecular weight is 360 g/mol. The minimum atomic E-state index is -0.203. The topological polar surface area (TPSA) is 84.4 Å². The Morgan fingerprint density at radius 3 is 2.92 bits per heavy atom. The van der Waals surface area contributed by atoms with Crippen LogP contribution in [-0.4, -0.2) is 46.5 Å². The van der Waals surface area contributed by atoms with Gasteiger partial charge in [-0.1, -0.05) is 23.9 Å². The van der Waals surface area contributed by atoms with Crippen molar-refractivity contribution in [2.45, 2.75) is 19.8 Å². The summed E-state index contributed by atoms with van der Waals surface area (Å²) in [7, 11) is 1.58. The van der Waals surface area contributed by atoms with Crippen LogP contribution in [-0.2, 0) is 11.2 Å². The molecule has 1 fully saturated rings. The Morgan fingerprint density at radius 1 is 1.40 bits per heavy atom. The second-order valence-electron chi connectivity index (χ2n) is 5.93. The molecule has 2 amide bonds. The number of aromatic nitrogens is 2. The summed E-state index contributed by atoms with van der Waals surface area (Å²) in [5, 5.41) is 6.89. The van der Waals surface area contributed by atoms with Crippen LogP contribution in [0.4, 0.5) is 5.69 Å². The molecule has 7 nitrogen and oxygen atoms in total. The van der Waals surface area contributed by atoms with Crippen LogP contribution in [0.25, 0.3) is 0 Å². The fourth-order valence-electron chi connectivity index (χ4n) is 2.67. The van der Waals surface area contributed by atoms with Crippen molar-refractivity contribution in [1.29, 1.82) is 0 Å². The lowest BCUT2D eigenvalue weighted by Gasteiger charge is -2.37. The van der Waals surface area contributed by atoms with Gasteiger partial charge in [-0.15, -0.1) is 5.10 Å². The second kappa shape index (κ2) is 7.60.